The summed E-state index contributed by atoms with van der Waals surface area (Å²) in [5.41, 5.74) is 0.262. The smallest absolute Gasteiger partial charge is 0.150 e. The van der Waals surface area contributed by atoms with E-state index in [4.69, 9.17) is 0 Å². The molecular weight excluding hydrogens is 308 g/mol. The number of rotatable bonds is 3. The van der Waals surface area contributed by atoms with Gasteiger partial charge in [-0.1, -0.05) is 12.1 Å². The van der Waals surface area contributed by atoms with Crippen molar-refractivity contribution in [2.45, 2.75) is 19.4 Å². The molecule has 4 nitrogen and oxygen atoms in total. The fraction of sp³-hybridized carbons (Fsp3) is 0.273. The molecule has 7 heteroatoms. The Bertz CT molecular complexity index is 573. The van der Waals surface area contributed by atoms with E-state index in [1.807, 2.05) is 0 Å². The first kappa shape index (κ1) is 13.1. The van der Waals surface area contributed by atoms with Crippen LogP contribution in [0.3, 0.4) is 0 Å². The molecule has 1 heterocycles. The average Bonchev–Trinajstić information content (AvgIpc) is 2.82. The molecule has 0 aliphatic rings. The Kier molecular flexibility index (Phi) is 3.72. The average molecular weight is 318 g/mol. The molecule has 1 aromatic heterocycles. The quantitative estimate of drug-likeness (QED) is 0.886. The van der Waals surface area contributed by atoms with Crippen molar-refractivity contribution in [3.8, 4) is 5.69 Å². The van der Waals surface area contributed by atoms with Gasteiger partial charge < -0.3 is 5.11 Å². The van der Waals surface area contributed by atoms with Gasteiger partial charge in [0, 0.05) is 6.07 Å². The van der Waals surface area contributed by atoms with Crippen molar-refractivity contribution in [1.29, 1.82) is 0 Å². The summed E-state index contributed by atoms with van der Waals surface area (Å²) in [6, 6.07) is 2.03. The summed E-state index contributed by atoms with van der Waals surface area (Å²) in [7, 11) is 0. The zero-order valence-corrected chi connectivity index (χ0v) is 11.0. The number of nitrogens with zero attached hydrogens (tertiary/aromatic N) is 3. The molecule has 1 atom stereocenters. The molecule has 18 heavy (non-hydrogen) atoms. The van der Waals surface area contributed by atoms with Gasteiger partial charge >= 0.3 is 0 Å². The van der Waals surface area contributed by atoms with Crippen LogP contribution in [0.1, 0.15) is 25.1 Å². The Morgan fingerprint density at radius 1 is 1.39 bits per heavy atom. The molecule has 0 saturated heterocycles. The van der Waals surface area contributed by atoms with Gasteiger partial charge in [-0.05, 0) is 28.4 Å². The standard InChI is InChI=1S/C11H10BrF2N3O/c1-2-11(18)9-5-17(16-15-9)10-4-7(13)6(12)3-8(10)14/h3-5,11,18H,2H2,1H3. The number of aromatic nitrogens is 3. The second-order valence-electron chi connectivity index (χ2n) is 3.73. The van der Waals surface area contributed by atoms with Crippen LogP contribution in [0.4, 0.5) is 8.78 Å². The Morgan fingerprint density at radius 3 is 2.78 bits per heavy atom. The van der Waals surface area contributed by atoms with Gasteiger partial charge in [0.15, 0.2) is 0 Å². The highest BCUT2D eigenvalue weighted by Gasteiger charge is 2.14. The van der Waals surface area contributed by atoms with Crippen LogP contribution < -0.4 is 0 Å². The number of aliphatic hydroxyl groups is 1. The lowest BCUT2D eigenvalue weighted by Crippen LogP contribution is -2.00. The van der Waals surface area contributed by atoms with E-state index in [1.54, 1.807) is 6.92 Å². The number of aliphatic hydroxyl groups excluding tert-OH is 1. The van der Waals surface area contributed by atoms with Gasteiger partial charge in [0.05, 0.1) is 16.8 Å². The molecule has 0 spiro atoms. The predicted molar refractivity (Wildman–Crippen MR) is 64.2 cm³/mol. The summed E-state index contributed by atoms with van der Waals surface area (Å²) in [5, 5.41) is 17.0. The second-order valence-corrected chi connectivity index (χ2v) is 4.58. The lowest BCUT2D eigenvalue weighted by atomic mass is 10.2. The SMILES string of the molecule is CCC(O)c1cn(-c2cc(F)c(Br)cc2F)nn1. The van der Waals surface area contributed by atoms with Crippen LogP contribution in [0.2, 0.25) is 0 Å². The summed E-state index contributed by atoms with van der Waals surface area (Å²) in [5.74, 6) is -1.23. The molecule has 1 aromatic carbocycles. The Labute approximate surface area is 110 Å². The minimum atomic E-state index is -0.762. The molecule has 1 N–H and O–H groups in total. The van der Waals surface area contributed by atoms with E-state index >= 15 is 0 Å². The molecule has 96 valence electrons. The van der Waals surface area contributed by atoms with Crippen LogP contribution in [0, 0.1) is 11.6 Å². The van der Waals surface area contributed by atoms with Crippen molar-refractivity contribution in [3.05, 3.63) is 40.1 Å². The maximum atomic E-state index is 13.7. The Balaban J connectivity index is 2.43. The van der Waals surface area contributed by atoms with Crippen LogP contribution in [0.5, 0.6) is 0 Å². The summed E-state index contributed by atoms with van der Waals surface area (Å²) in [6.45, 7) is 1.78. The summed E-state index contributed by atoms with van der Waals surface area (Å²) < 4.78 is 28.1. The van der Waals surface area contributed by atoms with Crippen molar-refractivity contribution in [3.63, 3.8) is 0 Å². The Morgan fingerprint density at radius 2 is 2.11 bits per heavy atom. The van der Waals surface area contributed by atoms with Gasteiger partial charge in [0.2, 0.25) is 0 Å². The predicted octanol–water partition coefficient (Wildman–Crippen LogP) is 2.75. The molecule has 0 radical (unpaired) electrons. The molecule has 0 bridgehead atoms. The topological polar surface area (TPSA) is 50.9 Å². The summed E-state index contributed by atoms with van der Waals surface area (Å²) in [4.78, 5) is 0. The lowest BCUT2D eigenvalue weighted by molar-refractivity contribution is 0.169. The lowest BCUT2D eigenvalue weighted by Gasteiger charge is -2.04. The number of benzene rings is 1. The summed E-state index contributed by atoms with van der Waals surface area (Å²) >= 11 is 2.89. The highest BCUT2D eigenvalue weighted by atomic mass is 79.9. The third-order valence-electron chi connectivity index (χ3n) is 2.48. The highest BCUT2D eigenvalue weighted by Crippen LogP contribution is 2.23. The van der Waals surface area contributed by atoms with Crippen molar-refractivity contribution in [1.82, 2.24) is 15.0 Å². The number of hydrogen-bond donors (Lipinski definition) is 1. The van der Waals surface area contributed by atoms with Crippen LogP contribution in [-0.4, -0.2) is 20.1 Å². The molecule has 0 saturated carbocycles. The zero-order valence-electron chi connectivity index (χ0n) is 9.44. The fourth-order valence-electron chi connectivity index (χ4n) is 1.44. The van der Waals surface area contributed by atoms with E-state index in [1.165, 1.54) is 6.20 Å². The minimum Gasteiger partial charge on any atom is -0.387 e. The number of hydrogen-bond acceptors (Lipinski definition) is 3. The van der Waals surface area contributed by atoms with Gasteiger partial charge in [0.25, 0.3) is 0 Å². The van der Waals surface area contributed by atoms with E-state index in [-0.39, 0.29) is 10.2 Å². The van der Waals surface area contributed by atoms with Crippen LogP contribution in [0.15, 0.2) is 22.8 Å². The first-order chi connectivity index (χ1) is 8.52. The fourth-order valence-corrected chi connectivity index (χ4v) is 1.76. The molecule has 1 unspecified atom stereocenters. The second kappa shape index (κ2) is 5.11. The molecule has 0 fully saturated rings. The minimum absolute atomic E-state index is 0.0395. The Hall–Kier alpha value is -1.34. The van der Waals surface area contributed by atoms with E-state index in [0.29, 0.717) is 12.1 Å². The third-order valence-corrected chi connectivity index (χ3v) is 3.08. The van der Waals surface area contributed by atoms with Gasteiger partial charge in [0.1, 0.15) is 23.0 Å². The van der Waals surface area contributed by atoms with Crippen LogP contribution in [-0.2, 0) is 0 Å². The molecule has 2 aromatic rings. The van der Waals surface area contributed by atoms with E-state index in [0.717, 1.165) is 16.8 Å². The molecule has 0 aliphatic carbocycles. The summed E-state index contributed by atoms with van der Waals surface area (Å²) in [6.07, 6.45) is 1.08. The van der Waals surface area contributed by atoms with Crippen molar-refractivity contribution in [2.24, 2.45) is 0 Å². The van der Waals surface area contributed by atoms with E-state index in [2.05, 4.69) is 26.2 Å². The van der Waals surface area contributed by atoms with Crippen molar-refractivity contribution >= 4 is 15.9 Å². The van der Waals surface area contributed by atoms with E-state index < -0.39 is 17.7 Å². The molecule has 0 aliphatic heterocycles. The monoisotopic (exact) mass is 317 g/mol. The largest absolute Gasteiger partial charge is 0.387 e. The molecular formula is C11H10BrF2N3O. The zero-order chi connectivity index (χ0) is 13.3. The highest BCUT2D eigenvalue weighted by molar-refractivity contribution is 9.10. The normalized spacial score (nSPS) is 12.7. The molecule has 2 rings (SSSR count). The van der Waals surface area contributed by atoms with Crippen molar-refractivity contribution in [2.75, 3.05) is 0 Å². The van der Waals surface area contributed by atoms with Crippen LogP contribution in [0.25, 0.3) is 5.69 Å². The first-order valence-electron chi connectivity index (χ1n) is 5.28. The van der Waals surface area contributed by atoms with Gasteiger partial charge in [-0.15, -0.1) is 5.10 Å². The maximum absolute atomic E-state index is 13.7. The molecule has 0 amide bonds. The first-order valence-corrected chi connectivity index (χ1v) is 6.07. The van der Waals surface area contributed by atoms with Gasteiger partial charge in [-0.3, -0.25) is 0 Å². The maximum Gasteiger partial charge on any atom is 0.150 e. The van der Waals surface area contributed by atoms with Gasteiger partial charge in [-0.25, -0.2) is 13.5 Å². The van der Waals surface area contributed by atoms with Gasteiger partial charge in [-0.2, -0.15) is 0 Å². The number of halogens is 3. The van der Waals surface area contributed by atoms with Crippen molar-refractivity contribution < 1.29 is 13.9 Å². The van der Waals surface area contributed by atoms with E-state index in [9.17, 15) is 13.9 Å². The van der Waals surface area contributed by atoms with Crippen LogP contribution >= 0.6 is 15.9 Å². The third kappa shape index (κ3) is 2.41.